The van der Waals surface area contributed by atoms with E-state index in [4.69, 9.17) is 39.5 Å². The van der Waals surface area contributed by atoms with Crippen molar-refractivity contribution in [3.63, 3.8) is 0 Å². The molecule has 0 atom stereocenters. The molecule has 0 saturated carbocycles. The van der Waals surface area contributed by atoms with Crippen LogP contribution in [-0.4, -0.2) is 25.4 Å². The molecule has 0 unspecified atom stereocenters. The molecule has 0 amide bonds. The lowest BCUT2D eigenvalue weighted by atomic mass is 9.83. The monoisotopic (exact) mass is 493 g/mol. The number of hydrogen-bond donors (Lipinski definition) is 0. The average Bonchev–Trinajstić information content (AvgIpc) is 3.14. The lowest BCUT2D eigenvalue weighted by Crippen LogP contribution is -2.25. The predicted molar refractivity (Wildman–Crippen MR) is 128 cm³/mol. The zero-order valence-corrected chi connectivity index (χ0v) is 20.0. The normalized spacial score (nSPS) is 16.1. The highest BCUT2D eigenvalue weighted by molar-refractivity contribution is 7.21. The Morgan fingerprint density at radius 3 is 2.58 bits per heavy atom. The minimum absolute atomic E-state index is 0.187. The third kappa shape index (κ3) is 3.85. The quantitative estimate of drug-likeness (QED) is 0.292. The molecule has 1 aliphatic heterocycles. The SMILES string of the molecule is CN1C(=CC(=O)COC(=O)c2sc3cc(Cl)cc(Cl)c3c2Cl)C(C)(C)c2ccccc21. The molecule has 4 nitrogen and oxygen atoms in total. The van der Waals surface area contributed by atoms with Crippen LogP contribution in [0, 0.1) is 0 Å². The van der Waals surface area contributed by atoms with E-state index in [1.165, 1.54) is 6.08 Å². The van der Waals surface area contributed by atoms with Gasteiger partial charge >= 0.3 is 5.97 Å². The summed E-state index contributed by atoms with van der Waals surface area (Å²) in [6, 6.07) is 11.3. The van der Waals surface area contributed by atoms with Crippen molar-refractivity contribution in [3.8, 4) is 0 Å². The summed E-state index contributed by atoms with van der Waals surface area (Å²) in [5.74, 6) is -0.984. The van der Waals surface area contributed by atoms with Gasteiger partial charge in [-0.2, -0.15) is 0 Å². The highest BCUT2D eigenvalue weighted by Gasteiger charge is 2.38. The lowest BCUT2D eigenvalue weighted by Gasteiger charge is -2.23. The number of para-hydroxylation sites is 1. The second-order valence-electron chi connectivity index (χ2n) is 7.78. The van der Waals surface area contributed by atoms with Crippen LogP contribution < -0.4 is 4.90 Å². The van der Waals surface area contributed by atoms with E-state index in [-0.39, 0.29) is 27.7 Å². The van der Waals surface area contributed by atoms with Crippen molar-refractivity contribution in [1.29, 1.82) is 0 Å². The summed E-state index contributed by atoms with van der Waals surface area (Å²) in [5.41, 5.74) is 2.70. The number of halogens is 3. The second-order valence-corrected chi connectivity index (χ2v) is 10.1. The van der Waals surface area contributed by atoms with Gasteiger partial charge in [0.05, 0.1) is 10.0 Å². The fraction of sp³-hybridized carbons (Fsp3) is 0.217. The Morgan fingerprint density at radius 1 is 1.16 bits per heavy atom. The van der Waals surface area contributed by atoms with Crippen LogP contribution in [0.3, 0.4) is 0 Å². The van der Waals surface area contributed by atoms with Crippen molar-refractivity contribution < 1.29 is 14.3 Å². The van der Waals surface area contributed by atoms with E-state index in [0.29, 0.717) is 20.1 Å². The number of ether oxygens (including phenoxy) is 1. The van der Waals surface area contributed by atoms with Crippen LogP contribution in [0.2, 0.25) is 15.1 Å². The highest BCUT2D eigenvalue weighted by Crippen LogP contribution is 2.46. The van der Waals surface area contributed by atoms with Gasteiger partial charge in [-0.25, -0.2) is 4.79 Å². The van der Waals surface area contributed by atoms with Gasteiger partial charge in [-0.3, -0.25) is 4.79 Å². The lowest BCUT2D eigenvalue weighted by molar-refractivity contribution is -0.117. The highest BCUT2D eigenvalue weighted by atomic mass is 35.5. The molecule has 0 aliphatic carbocycles. The van der Waals surface area contributed by atoms with Gasteiger partial charge in [0.2, 0.25) is 0 Å². The first-order valence-corrected chi connectivity index (χ1v) is 11.4. The molecule has 1 aromatic heterocycles. The predicted octanol–water partition coefficient (Wildman–Crippen LogP) is 6.90. The largest absolute Gasteiger partial charge is 0.453 e. The van der Waals surface area contributed by atoms with Gasteiger partial charge in [0, 0.05) is 45.0 Å². The van der Waals surface area contributed by atoms with E-state index in [1.54, 1.807) is 12.1 Å². The molecule has 31 heavy (non-hydrogen) atoms. The molecule has 0 saturated heterocycles. The molecule has 1 aliphatic rings. The van der Waals surface area contributed by atoms with Gasteiger partial charge in [0.15, 0.2) is 12.4 Å². The van der Waals surface area contributed by atoms with Gasteiger partial charge < -0.3 is 9.64 Å². The Kier molecular flexibility index (Phi) is 5.81. The zero-order chi connectivity index (χ0) is 22.5. The number of nitrogens with zero attached hydrogens (tertiary/aromatic N) is 1. The Bertz CT molecular complexity index is 1260. The van der Waals surface area contributed by atoms with Gasteiger partial charge in [0.25, 0.3) is 0 Å². The van der Waals surface area contributed by atoms with E-state index >= 15 is 0 Å². The van der Waals surface area contributed by atoms with Crippen molar-refractivity contribution in [2.75, 3.05) is 18.6 Å². The summed E-state index contributed by atoms with van der Waals surface area (Å²) >= 11 is 19.7. The first-order chi connectivity index (χ1) is 14.6. The van der Waals surface area contributed by atoms with Gasteiger partial charge in [-0.1, -0.05) is 66.8 Å². The Hall–Kier alpha value is -2.05. The van der Waals surface area contributed by atoms with Crippen LogP contribution >= 0.6 is 46.1 Å². The second kappa shape index (κ2) is 8.14. The Labute approximate surface area is 199 Å². The number of hydrogen-bond acceptors (Lipinski definition) is 5. The standard InChI is InChI=1S/C23H18Cl3NO3S/c1-23(2)14-6-4-5-7-16(14)27(3)18(23)10-13(28)11-30-22(29)21-20(26)19-15(25)8-12(24)9-17(19)31-21/h4-10H,11H2,1-3H3. The minimum Gasteiger partial charge on any atom is -0.453 e. The summed E-state index contributed by atoms with van der Waals surface area (Å²) in [4.78, 5) is 27.4. The van der Waals surface area contributed by atoms with Crippen LogP contribution in [0.15, 0.2) is 48.2 Å². The number of carbonyl (C=O) groups excluding carboxylic acids is 2. The summed E-state index contributed by atoms with van der Waals surface area (Å²) in [6.07, 6.45) is 1.54. The van der Waals surface area contributed by atoms with Crippen molar-refractivity contribution in [3.05, 3.63) is 73.7 Å². The molecule has 0 N–H and O–H groups in total. The maximum Gasteiger partial charge on any atom is 0.350 e. The number of esters is 1. The maximum absolute atomic E-state index is 12.6. The molecule has 3 aromatic rings. The van der Waals surface area contributed by atoms with Crippen LogP contribution in [0.1, 0.15) is 29.1 Å². The zero-order valence-electron chi connectivity index (χ0n) is 17.0. The summed E-state index contributed by atoms with van der Waals surface area (Å²) in [6.45, 7) is 3.74. The van der Waals surface area contributed by atoms with Crippen molar-refractivity contribution in [2.45, 2.75) is 19.3 Å². The van der Waals surface area contributed by atoms with Crippen molar-refractivity contribution in [2.24, 2.45) is 0 Å². The first kappa shape index (κ1) is 22.2. The molecule has 2 heterocycles. The molecule has 2 aromatic carbocycles. The number of fused-ring (bicyclic) bond motifs is 2. The topological polar surface area (TPSA) is 46.6 Å². The van der Waals surface area contributed by atoms with E-state index in [2.05, 4.69) is 19.9 Å². The summed E-state index contributed by atoms with van der Waals surface area (Å²) < 4.78 is 5.94. The molecular weight excluding hydrogens is 477 g/mol. The van der Waals surface area contributed by atoms with E-state index in [0.717, 1.165) is 28.3 Å². The van der Waals surface area contributed by atoms with Crippen LogP contribution in [0.25, 0.3) is 10.1 Å². The molecule has 160 valence electrons. The number of allylic oxidation sites excluding steroid dienone is 1. The first-order valence-electron chi connectivity index (χ1n) is 9.43. The van der Waals surface area contributed by atoms with Gasteiger partial charge in [0.1, 0.15) is 4.88 Å². The Balaban J connectivity index is 1.52. The number of benzene rings is 2. The summed E-state index contributed by atoms with van der Waals surface area (Å²) in [7, 11) is 1.92. The smallest absolute Gasteiger partial charge is 0.350 e. The van der Waals surface area contributed by atoms with E-state index < -0.39 is 5.97 Å². The number of likely N-dealkylation sites (N-methyl/N-ethyl adjacent to an activating group) is 1. The van der Waals surface area contributed by atoms with Gasteiger partial charge in [-0.05, 0) is 23.8 Å². The molecule has 0 radical (unpaired) electrons. The molecule has 0 bridgehead atoms. The number of ketones is 1. The van der Waals surface area contributed by atoms with Crippen LogP contribution in [0.5, 0.6) is 0 Å². The fourth-order valence-electron chi connectivity index (χ4n) is 3.90. The number of rotatable bonds is 4. The maximum atomic E-state index is 12.6. The van der Waals surface area contributed by atoms with Gasteiger partial charge in [-0.15, -0.1) is 11.3 Å². The number of thiophene rings is 1. The van der Waals surface area contributed by atoms with Crippen LogP contribution in [0.4, 0.5) is 5.69 Å². The molecule has 0 fully saturated rings. The fourth-order valence-corrected chi connectivity index (χ4v) is 6.16. The van der Waals surface area contributed by atoms with Crippen molar-refractivity contribution in [1.82, 2.24) is 0 Å². The van der Waals surface area contributed by atoms with Crippen LogP contribution in [-0.2, 0) is 14.9 Å². The molecule has 4 rings (SSSR count). The van der Waals surface area contributed by atoms with Crippen molar-refractivity contribution >= 4 is 73.7 Å². The van der Waals surface area contributed by atoms with E-state index in [1.807, 2.05) is 30.1 Å². The molecule has 0 spiro atoms. The minimum atomic E-state index is -0.674. The Morgan fingerprint density at radius 2 is 1.87 bits per heavy atom. The van der Waals surface area contributed by atoms with E-state index in [9.17, 15) is 9.59 Å². The third-order valence-corrected chi connectivity index (χ3v) is 7.54. The summed E-state index contributed by atoms with van der Waals surface area (Å²) in [5, 5.41) is 1.55. The number of anilines is 1. The molecule has 8 heteroatoms. The third-order valence-electron chi connectivity index (χ3n) is 5.42. The number of carbonyl (C=O) groups is 2. The molecular formula is C23H18Cl3NO3S. The average molecular weight is 495 g/mol.